The molecule has 5 heteroatoms. The Hall–Kier alpha value is -0.810. The van der Waals surface area contributed by atoms with Gasteiger partial charge in [0.1, 0.15) is 5.60 Å². The minimum absolute atomic E-state index is 0.130. The van der Waals surface area contributed by atoms with Crippen LogP contribution in [0, 0.1) is 11.3 Å². The van der Waals surface area contributed by atoms with Crippen molar-refractivity contribution >= 4 is 6.16 Å². The summed E-state index contributed by atoms with van der Waals surface area (Å²) >= 11 is 0. The normalized spacial score (nSPS) is 14.7. The van der Waals surface area contributed by atoms with Crippen molar-refractivity contribution in [2.75, 3.05) is 13.2 Å². The first-order valence-electron chi connectivity index (χ1n) is 8.39. The summed E-state index contributed by atoms with van der Waals surface area (Å²) in [6, 6.07) is 0. The first-order valence-corrected chi connectivity index (χ1v) is 8.39. The molecule has 0 radical (unpaired) electrons. The fraction of sp³-hybridized carbons (Fsp3) is 0.944. The zero-order valence-corrected chi connectivity index (χ0v) is 16.4. The Morgan fingerprint density at radius 3 is 2.00 bits per heavy atom. The van der Waals surface area contributed by atoms with Crippen LogP contribution in [0.5, 0.6) is 0 Å². The highest BCUT2D eigenvalue weighted by molar-refractivity contribution is 5.60. The molecular formula is C18H36O5. The van der Waals surface area contributed by atoms with Gasteiger partial charge in [-0.1, -0.05) is 20.8 Å². The van der Waals surface area contributed by atoms with Gasteiger partial charge in [0.05, 0.1) is 24.9 Å². The van der Waals surface area contributed by atoms with Crippen LogP contribution in [0.15, 0.2) is 0 Å². The molecular weight excluding hydrogens is 296 g/mol. The van der Waals surface area contributed by atoms with Crippen LogP contribution in [0.2, 0.25) is 0 Å². The molecule has 5 nitrogen and oxygen atoms in total. The van der Waals surface area contributed by atoms with E-state index in [9.17, 15) is 9.90 Å². The van der Waals surface area contributed by atoms with Gasteiger partial charge in [0.2, 0.25) is 0 Å². The Morgan fingerprint density at radius 1 is 1.04 bits per heavy atom. The highest BCUT2D eigenvalue weighted by atomic mass is 16.7. The number of hydrogen-bond donors (Lipinski definition) is 1. The van der Waals surface area contributed by atoms with Crippen LogP contribution in [-0.4, -0.2) is 41.8 Å². The van der Waals surface area contributed by atoms with Crippen LogP contribution in [-0.2, 0) is 14.2 Å². The van der Waals surface area contributed by atoms with Crippen molar-refractivity contribution in [3.8, 4) is 0 Å². The van der Waals surface area contributed by atoms with Gasteiger partial charge in [-0.2, -0.15) is 0 Å². The van der Waals surface area contributed by atoms with Crippen molar-refractivity contribution in [3.63, 3.8) is 0 Å². The summed E-state index contributed by atoms with van der Waals surface area (Å²) in [5, 5.41) is 9.62. The molecule has 0 saturated carbocycles. The number of carbonyl (C=O) groups is 1. The second-order valence-corrected chi connectivity index (χ2v) is 8.28. The van der Waals surface area contributed by atoms with Gasteiger partial charge in [-0.15, -0.1) is 0 Å². The van der Waals surface area contributed by atoms with Crippen molar-refractivity contribution in [1.82, 2.24) is 0 Å². The molecule has 23 heavy (non-hydrogen) atoms. The Kier molecular flexibility index (Phi) is 8.04. The van der Waals surface area contributed by atoms with Gasteiger partial charge in [0.15, 0.2) is 0 Å². The summed E-state index contributed by atoms with van der Waals surface area (Å²) in [4.78, 5) is 11.9. The Bertz CT molecular complexity index is 366. The van der Waals surface area contributed by atoms with Crippen LogP contribution in [0.25, 0.3) is 0 Å². The average molecular weight is 332 g/mol. The number of rotatable bonds is 9. The lowest BCUT2D eigenvalue weighted by molar-refractivity contribution is -0.114. The second-order valence-electron chi connectivity index (χ2n) is 8.28. The maximum Gasteiger partial charge on any atom is 0.508 e. The lowest BCUT2D eigenvalue weighted by Gasteiger charge is -2.44. The van der Waals surface area contributed by atoms with Gasteiger partial charge in [0, 0.05) is 11.8 Å². The van der Waals surface area contributed by atoms with Crippen molar-refractivity contribution in [3.05, 3.63) is 0 Å². The fourth-order valence-corrected chi connectivity index (χ4v) is 1.89. The summed E-state index contributed by atoms with van der Waals surface area (Å²) in [7, 11) is 0. The molecule has 0 aliphatic rings. The summed E-state index contributed by atoms with van der Waals surface area (Å²) in [5.74, 6) is 0.198. The van der Waals surface area contributed by atoms with Crippen molar-refractivity contribution < 1.29 is 24.1 Å². The van der Waals surface area contributed by atoms with Gasteiger partial charge in [-0.25, -0.2) is 4.79 Å². The smallest absolute Gasteiger partial charge is 0.434 e. The van der Waals surface area contributed by atoms with E-state index >= 15 is 0 Å². The minimum atomic E-state index is -0.863. The maximum absolute atomic E-state index is 11.9. The molecule has 1 atom stereocenters. The third-order valence-corrected chi connectivity index (χ3v) is 4.74. The van der Waals surface area contributed by atoms with Gasteiger partial charge >= 0.3 is 6.16 Å². The molecule has 0 aromatic rings. The van der Waals surface area contributed by atoms with E-state index in [1.54, 1.807) is 13.8 Å². The van der Waals surface area contributed by atoms with Crippen LogP contribution < -0.4 is 0 Å². The third-order valence-electron chi connectivity index (χ3n) is 4.74. The fourth-order valence-electron chi connectivity index (χ4n) is 1.89. The Balaban J connectivity index is 4.60. The van der Waals surface area contributed by atoms with E-state index < -0.39 is 17.4 Å². The predicted molar refractivity (Wildman–Crippen MR) is 91.5 cm³/mol. The van der Waals surface area contributed by atoms with Crippen molar-refractivity contribution in [2.24, 2.45) is 11.3 Å². The molecule has 0 aliphatic carbocycles. The van der Waals surface area contributed by atoms with Gasteiger partial charge < -0.3 is 19.3 Å². The van der Waals surface area contributed by atoms with Crippen LogP contribution >= 0.6 is 0 Å². The lowest BCUT2D eigenvalue weighted by Crippen LogP contribution is -2.48. The highest BCUT2D eigenvalue weighted by Crippen LogP contribution is 2.41. The zero-order chi connectivity index (χ0) is 18.5. The Labute approximate surface area is 141 Å². The molecule has 0 fully saturated rings. The van der Waals surface area contributed by atoms with Crippen LogP contribution in [0.4, 0.5) is 4.79 Å². The molecule has 138 valence electrons. The summed E-state index contributed by atoms with van der Waals surface area (Å²) in [6.07, 6.45) is -0.168. The SMILES string of the molecule is CC(C)OCC(C)C(C)(C)C(C)(C)OC(=O)OCCC(C)(C)O. The molecule has 0 heterocycles. The van der Waals surface area contributed by atoms with Crippen molar-refractivity contribution in [2.45, 2.75) is 86.0 Å². The summed E-state index contributed by atoms with van der Waals surface area (Å²) < 4.78 is 16.3. The number of aliphatic hydroxyl groups is 1. The van der Waals surface area contributed by atoms with E-state index in [0.717, 1.165) is 0 Å². The highest BCUT2D eigenvalue weighted by Gasteiger charge is 2.44. The topological polar surface area (TPSA) is 65.0 Å². The quantitative estimate of drug-likeness (QED) is 0.642. The first kappa shape index (κ1) is 22.2. The molecule has 0 aromatic heterocycles. The monoisotopic (exact) mass is 332 g/mol. The van der Waals surface area contributed by atoms with E-state index in [-0.39, 0.29) is 24.0 Å². The van der Waals surface area contributed by atoms with Crippen molar-refractivity contribution in [1.29, 1.82) is 0 Å². The Morgan fingerprint density at radius 2 is 1.57 bits per heavy atom. The standard InChI is InChI=1S/C18H36O5/c1-13(2)22-12-14(3)17(6,7)18(8,9)23-15(19)21-11-10-16(4,5)20/h13-14,20H,10-12H2,1-9H3. The molecule has 0 bridgehead atoms. The largest absolute Gasteiger partial charge is 0.508 e. The van der Waals surface area contributed by atoms with E-state index in [2.05, 4.69) is 20.8 Å². The molecule has 0 spiro atoms. The number of ether oxygens (including phenoxy) is 3. The van der Waals surface area contributed by atoms with Gasteiger partial charge in [-0.3, -0.25) is 0 Å². The summed E-state index contributed by atoms with van der Waals surface area (Å²) in [5.41, 5.74) is -1.87. The van der Waals surface area contributed by atoms with Crippen LogP contribution in [0.3, 0.4) is 0 Å². The van der Waals surface area contributed by atoms with Gasteiger partial charge in [0.25, 0.3) is 0 Å². The second kappa shape index (κ2) is 8.34. The predicted octanol–water partition coefficient (Wildman–Crippen LogP) is 4.17. The lowest BCUT2D eigenvalue weighted by atomic mass is 9.68. The number of carbonyl (C=O) groups excluding carboxylic acids is 1. The molecule has 1 N–H and O–H groups in total. The maximum atomic E-state index is 11.9. The molecule has 0 saturated heterocycles. The third kappa shape index (κ3) is 8.02. The van der Waals surface area contributed by atoms with E-state index in [1.165, 1.54) is 0 Å². The summed E-state index contributed by atoms with van der Waals surface area (Å²) in [6.45, 7) is 18.1. The van der Waals surface area contributed by atoms with E-state index in [0.29, 0.717) is 13.0 Å². The minimum Gasteiger partial charge on any atom is -0.434 e. The number of hydrogen-bond acceptors (Lipinski definition) is 5. The molecule has 0 aromatic carbocycles. The molecule has 1 unspecified atom stereocenters. The molecule has 0 aliphatic heterocycles. The van der Waals surface area contributed by atoms with E-state index in [1.807, 2.05) is 27.7 Å². The van der Waals surface area contributed by atoms with E-state index in [4.69, 9.17) is 14.2 Å². The molecule has 0 rings (SSSR count). The average Bonchev–Trinajstić information content (AvgIpc) is 2.33. The molecule has 0 amide bonds. The zero-order valence-electron chi connectivity index (χ0n) is 16.4. The van der Waals surface area contributed by atoms with Crippen LogP contribution in [0.1, 0.15) is 68.7 Å². The first-order chi connectivity index (χ1) is 10.2. The van der Waals surface area contributed by atoms with Gasteiger partial charge in [-0.05, 0) is 47.5 Å².